The Balaban J connectivity index is 2.83. The van der Waals surface area contributed by atoms with Crippen molar-refractivity contribution in [2.45, 2.75) is 41.5 Å². The van der Waals surface area contributed by atoms with Gasteiger partial charge in [-0.05, 0) is 98.2 Å². The molecular weight excluding hydrogens is 216 g/mol. The van der Waals surface area contributed by atoms with E-state index in [1.165, 1.54) is 44.5 Å². The van der Waals surface area contributed by atoms with Gasteiger partial charge in [0.2, 0.25) is 0 Å². The highest BCUT2D eigenvalue weighted by Crippen LogP contribution is 2.33. The average molecular weight is 236 g/mol. The summed E-state index contributed by atoms with van der Waals surface area (Å²) in [5, 5.41) is 0. The smallest absolute Gasteiger partial charge is 0.0114 e. The fraction of sp³-hybridized carbons (Fsp3) is 0.333. The van der Waals surface area contributed by atoms with Crippen LogP contribution in [-0.2, 0) is 0 Å². The van der Waals surface area contributed by atoms with Crippen molar-refractivity contribution in [1.29, 1.82) is 0 Å². The summed E-state index contributed by atoms with van der Waals surface area (Å²) in [5.41, 5.74) is 10.4. The number of hydrogen-bond donors (Lipinski definition) is 0. The molecule has 2 aromatic rings. The minimum Gasteiger partial charge on any atom is -0.0535 e. The van der Waals surface area contributed by atoms with Crippen molar-refractivity contribution in [3.63, 3.8) is 0 Å². The third-order valence-electron chi connectivity index (χ3n) is 4.04. The van der Waals surface area contributed by atoms with Crippen LogP contribution in [0.3, 0.4) is 0 Å². The lowest BCUT2D eigenvalue weighted by Gasteiger charge is -2.17. The van der Waals surface area contributed by atoms with E-state index in [1.54, 1.807) is 0 Å². The van der Waals surface area contributed by atoms with E-state index in [0.717, 1.165) is 0 Å². The molecule has 0 N–H and O–H groups in total. The van der Waals surface area contributed by atoms with Crippen molar-refractivity contribution >= 4 is 0 Å². The summed E-state index contributed by atoms with van der Waals surface area (Å²) in [6.45, 7) is 13.0. The van der Waals surface area contributed by atoms with Gasteiger partial charge in [0.25, 0.3) is 0 Å². The molecule has 0 aliphatic rings. The van der Waals surface area contributed by atoms with E-state index in [0.29, 0.717) is 0 Å². The standard InChI is InChI=1S/C18H20/c1-11-8-7-9-17(14(11)4)18-15(5)12(2)10-13(3)16(18)6/h7,9H,1-6H3. The number of benzene rings is 2. The van der Waals surface area contributed by atoms with Gasteiger partial charge in [-0.25, -0.2) is 0 Å². The van der Waals surface area contributed by atoms with Gasteiger partial charge in [-0.2, -0.15) is 0 Å². The molecule has 0 aromatic heterocycles. The molecule has 0 bridgehead atoms. The normalized spacial score (nSPS) is 10.8. The van der Waals surface area contributed by atoms with Crippen molar-refractivity contribution in [3.05, 3.63) is 57.6 Å². The number of aryl methyl sites for hydroxylation is 3. The Morgan fingerprint density at radius 1 is 0.722 bits per heavy atom. The van der Waals surface area contributed by atoms with Crippen LogP contribution in [0.2, 0.25) is 0 Å². The Bertz CT molecular complexity index is 578. The van der Waals surface area contributed by atoms with Crippen molar-refractivity contribution in [1.82, 2.24) is 0 Å². The van der Waals surface area contributed by atoms with E-state index in [-0.39, 0.29) is 0 Å². The Morgan fingerprint density at radius 2 is 1.28 bits per heavy atom. The lowest BCUT2D eigenvalue weighted by atomic mass is 9.87. The third kappa shape index (κ3) is 1.96. The highest BCUT2D eigenvalue weighted by Gasteiger charge is 2.13. The second-order valence-electron chi connectivity index (χ2n) is 5.14. The molecule has 2 aromatic carbocycles. The Morgan fingerprint density at radius 3 is 1.83 bits per heavy atom. The molecule has 0 heterocycles. The summed E-state index contributed by atoms with van der Waals surface area (Å²) < 4.78 is 0. The van der Waals surface area contributed by atoms with Gasteiger partial charge in [0, 0.05) is 0 Å². The molecule has 0 unspecified atom stereocenters. The van der Waals surface area contributed by atoms with Gasteiger partial charge in [-0.1, -0.05) is 12.1 Å². The monoisotopic (exact) mass is 236 g/mol. The summed E-state index contributed by atoms with van der Waals surface area (Å²) in [6, 6.07) is 10.9. The predicted molar refractivity (Wildman–Crippen MR) is 78.0 cm³/mol. The summed E-state index contributed by atoms with van der Waals surface area (Å²) in [6.07, 6.45) is 0. The Labute approximate surface area is 111 Å². The van der Waals surface area contributed by atoms with Gasteiger partial charge in [0.15, 0.2) is 0 Å². The van der Waals surface area contributed by atoms with Gasteiger partial charge >= 0.3 is 0 Å². The maximum atomic E-state index is 3.44. The summed E-state index contributed by atoms with van der Waals surface area (Å²) >= 11 is 0. The first kappa shape index (κ1) is 12.9. The van der Waals surface area contributed by atoms with E-state index in [4.69, 9.17) is 0 Å². The van der Waals surface area contributed by atoms with Crippen LogP contribution in [0.25, 0.3) is 11.1 Å². The first-order valence-corrected chi connectivity index (χ1v) is 6.41. The Kier molecular flexibility index (Phi) is 3.30. The van der Waals surface area contributed by atoms with E-state index < -0.39 is 0 Å². The Hall–Kier alpha value is -1.56. The zero-order chi connectivity index (χ0) is 13.4. The fourth-order valence-electron chi connectivity index (χ4n) is 2.49. The lowest BCUT2D eigenvalue weighted by molar-refractivity contribution is 1.22. The molecule has 92 valence electrons. The highest BCUT2D eigenvalue weighted by atomic mass is 14.2. The minimum atomic E-state index is 1.23. The van der Waals surface area contributed by atoms with E-state index >= 15 is 0 Å². The van der Waals surface area contributed by atoms with Crippen LogP contribution >= 0.6 is 0 Å². The average Bonchev–Trinajstić information content (AvgIpc) is 2.32. The molecule has 0 fully saturated rings. The predicted octanol–water partition coefficient (Wildman–Crippen LogP) is 4.80. The van der Waals surface area contributed by atoms with Gasteiger partial charge in [-0.15, -0.1) is 0 Å². The number of rotatable bonds is 1. The fourth-order valence-corrected chi connectivity index (χ4v) is 2.49. The van der Waals surface area contributed by atoms with Gasteiger partial charge < -0.3 is 0 Å². The molecule has 0 atom stereocenters. The van der Waals surface area contributed by atoms with E-state index in [1.807, 2.05) is 6.07 Å². The first-order chi connectivity index (χ1) is 8.43. The summed E-state index contributed by atoms with van der Waals surface area (Å²) in [5.74, 6) is 0. The summed E-state index contributed by atoms with van der Waals surface area (Å²) in [4.78, 5) is 0. The first-order valence-electron chi connectivity index (χ1n) is 6.41. The third-order valence-corrected chi connectivity index (χ3v) is 4.04. The molecule has 0 nitrogen and oxygen atoms in total. The van der Waals surface area contributed by atoms with Crippen LogP contribution in [0.15, 0.2) is 12.1 Å². The van der Waals surface area contributed by atoms with Crippen molar-refractivity contribution in [3.8, 4) is 11.1 Å². The second kappa shape index (κ2) is 4.61. The molecule has 2 radical (unpaired) electrons. The van der Waals surface area contributed by atoms with Crippen LogP contribution in [0.1, 0.15) is 33.4 Å². The van der Waals surface area contributed by atoms with Gasteiger partial charge in [0.05, 0.1) is 0 Å². The molecule has 0 spiro atoms. The second-order valence-corrected chi connectivity index (χ2v) is 5.14. The molecular formula is C18H20. The summed E-state index contributed by atoms with van der Waals surface area (Å²) in [7, 11) is 0. The van der Waals surface area contributed by atoms with Crippen LogP contribution in [0.5, 0.6) is 0 Å². The molecule has 0 saturated heterocycles. The molecule has 0 saturated carbocycles. The van der Waals surface area contributed by atoms with Crippen LogP contribution < -0.4 is 0 Å². The van der Waals surface area contributed by atoms with Crippen LogP contribution in [-0.4, -0.2) is 0 Å². The SMILES string of the molecule is Cc1[c]ccc(-c2c(C)c(C)[c]c(C)c2C)c1C. The highest BCUT2D eigenvalue weighted by molar-refractivity contribution is 5.76. The van der Waals surface area contributed by atoms with Crippen molar-refractivity contribution < 1.29 is 0 Å². The van der Waals surface area contributed by atoms with E-state index in [2.05, 4.69) is 59.7 Å². The van der Waals surface area contributed by atoms with Crippen LogP contribution in [0.4, 0.5) is 0 Å². The molecule has 0 heteroatoms. The largest absolute Gasteiger partial charge is 0.0535 e. The van der Waals surface area contributed by atoms with E-state index in [9.17, 15) is 0 Å². The number of hydrogen-bond acceptors (Lipinski definition) is 0. The van der Waals surface area contributed by atoms with Crippen molar-refractivity contribution in [2.75, 3.05) is 0 Å². The minimum absolute atomic E-state index is 1.23. The maximum absolute atomic E-state index is 3.44. The molecule has 0 aliphatic heterocycles. The zero-order valence-electron chi connectivity index (χ0n) is 12.2. The molecule has 18 heavy (non-hydrogen) atoms. The topological polar surface area (TPSA) is 0 Å². The lowest BCUT2D eigenvalue weighted by Crippen LogP contribution is -1.98. The molecule has 2 rings (SSSR count). The maximum Gasteiger partial charge on any atom is -0.0114 e. The molecule has 0 aliphatic carbocycles. The van der Waals surface area contributed by atoms with Gasteiger partial charge in [-0.3, -0.25) is 0 Å². The zero-order valence-corrected chi connectivity index (χ0v) is 12.2. The molecule has 0 amide bonds. The van der Waals surface area contributed by atoms with Gasteiger partial charge in [0.1, 0.15) is 0 Å². The quantitative estimate of drug-likeness (QED) is 0.667. The van der Waals surface area contributed by atoms with Crippen LogP contribution in [0, 0.1) is 53.7 Å². The van der Waals surface area contributed by atoms with Crippen molar-refractivity contribution in [2.24, 2.45) is 0 Å².